The molecule has 0 aromatic rings. The van der Waals surface area contributed by atoms with Gasteiger partial charge < -0.3 is 15.4 Å². The third kappa shape index (κ3) is 1.23. The van der Waals surface area contributed by atoms with Gasteiger partial charge in [-0.05, 0) is 56.3 Å². The molecule has 0 aromatic heterocycles. The Hall–Kier alpha value is 0.495. The van der Waals surface area contributed by atoms with Crippen molar-refractivity contribution in [1.29, 1.82) is 0 Å². The molecule has 3 radical (unpaired) electrons. The lowest BCUT2D eigenvalue weighted by Crippen LogP contribution is -2.49. The molecule has 4 aliphatic rings. The average molecular weight is 192 g/mol. The Morgan fingerprint density at radius 1 is 1.00 bits per heavy atom. The van der Waals surface area contributed by atoms with E-state index in [4.69, 9.17) is 7.57 Å². The van der Waals surface area contributed by atoms with E-state index < -0.39 is 0 Å². The van der Waals surface area contributed by atoms with Gasteiger partial charge in [-0.15, -0.1) is 0 Å². The zero-order valence-electron chi connectivity index (χ0n) is 8.50. The summed E-state index contributed by atoms with van der Waals surface area (Å²) in [5.41, 5.74) is 0. The van der Waals surface area contributed by atoms with Crippen molar-refractivity contribution in [1.82, 2.24) is 0 Å². The third-order valence-electron chi connectivity index (χ3n) is 4.75. The fraction of sp³-hybridized carbons (Fsp3) is 1.00. The normalized spacial score (nSPS) is 55.4. The topological polar surface area (TPSA) is 0 Å². The van der Waals surface area contributed by atoms with Crippen molar-refractivity contribution in [2.45, 2.75) is 43.7 Å². The summed E-state index contributed by atoms with van der Waals surface area (Å²) in [5.74, 6) is 3.21. The highest BCUT2D eigenvalue weighted by Crippen LogP contribution is 2.65. The van der Waals surface area contributed by atoms with E-state index in [1.54, 1.807) is 19.3 Å². The summed E-state index contributed by atoms with van der Waals surface area (Å²) in [4.78, 5) is 0. The summed E-state index contributed by atoms with van der Waals surface area (Å²) in [6, 6.07) is 0. The second-order valence-corrected chi connectivity index (χ2v) is 7.92. The molecule has 71 valence electrons. The van der Waals surface area contributed by atoms with Crippen LogP contribution in [0.4, 0.5) is 0 Å². The van der Waals surface area contributed by atoms with Crippen LogP contribution in [0.2, 0.25) is 0 Å². The molecule has 4 fully saturated rings. The zero-order valence-corrected chi connectivity index (χ0v) is 9.39. The minimum atomic E-state index is -0.175. The lowest BCUT2D eigenvalue weighted by molar-refractivity contribution is 0.0365. The van der Waals surface area contributed by atoms with Crippen molar-refractivity contribution in [2.75, 3.05) is 6.66 Å². The van der Waals surface area contributed by atoms with Crippen LogP contribution in [-0.4, -0.2) is 19.4 Å². The molecule has 0 amide bonds. The molecular formula is C11H18BP-. The van der Waals surface area contributed by atoms with E-state index in [0.29, 0.717) is 5.16 Å². The first kappa shape index (κ1) is 8.78. The zero-order chi connectivity index (χ0) is 9.05. The molecule has 0 N–H and O–H groups in total. The largest absolute Gasteiger partial charge is 0.579 e. The molecule has 4 rings (SSSR count). The predicted octanol–water partition coefficient (Wildman–Crippen LogP) is 3.15. The minimum absolute atomic E-state index is 0.175. The Kier molecular flexibility index (Phi) is 1.86. The van der Waals surface area contributed by atoms with Crippen LogP contribution in [-0.2, 0) is 0 Å². The highest BCUT2D eigenvalue weighted by molar-refractivity contribution is 7.82. The molecule has 4 bridgehead atoms. The fourth-order valence-corrected chi connectivity index (χ4v) is 6.14. The lowest BCUT2D eigenvalue weighted by atomic mass is 9.56. The summed E-state index contributed by atoms with van der Waals surface area (Å²) in [7, 11) is 6.08. The van der Waals surface area contributed by atoms with Crippen molar-refractivity contribution in [3.63, 3.8) is 0 Å². The molecular weight excluding hydrogens is 174 g/mol. The monoisotopic (exact) mass is 192 g/mol. The van der Waals surface area contributed by atoms with Gasteiger partial charge in [0.1, 0.15) is 0 Å². The number of hydrogen-bond donors (Lipinski definition) is 0. The Morgan fingerprint density at radius 3 is 1.69 bits per heavy atom. The average Bonchev–Trinajstić information content (AvgIpc) is 2.00. The summed E-state index contributed by atoms with van der Waals surface area (Å²) < 4.78 is 0. The number of hydrogen-bond acceptors (Lipinski definition) is 0. The van der Waals surface area contributed by atoms with Crippen molar-refractivity contribution >= 4 is 15.4 Å². The molecule has 4 aliphatic carbocycles. The van der Waals surface area contributed by atoms with E-state index in [0.717, 1.165) is 17.8 Å². The van der Waals surface area contributed by atoms with E-state index >= 15 is 0 Å². The van der Waals surface area contributed by atoms with Gasteiger partial charge in [0.15, 0.2) is 0 Å². The maximum Gasteiger partial charge on any atom is -0.0402 e. The smallest absolute Gasteiger partial charge is 0.0402 e. The molecule has 0 saturated heterocycles. The Balaban J connectivity index is 1.91. The number of rotatable bonds is 1. The molecule has 0 aromatic carbocycles. The second-order valence-electron chi connectivity index (χ2n) is 5.75. The fourth-order valence-electron chi connectivity index (χ4n) is 4.50. The van der Waals surface area contributed by atoms with Gasteiger partial charge in [-0.3, -0.25) is 0 Å². The first-order chi connectivity index (χ1) is 6.18. The standard InChI is InChI=1S/C11H18BP/c1-13(12)11-5-8-2-9(6-11)4-10(3-8)7-11/h8-10H,2-7H2,1H3/q-1. The maximum atomic E-state index is 6.26. The van der Waals surface area contributed by atoms with Crippen molar-refractivity contribution in [3.05, 3.63) is 0 Å². The first-order valence-electron chi connectivity index (χ1n) is 5.66. The van der Waals surface area contributed by atoms with Crippen molar-refractivity contribution in [2.24, 2.45) is 17.8 Å². The van der Waals surface area contributed by atoms with E-state index in [1.807, 2.05) is 0 Å². The molecule has 0 spiro atoms. The Bertz CT molecular complexity index is 189. The molecule has 1 atom stereocenters. The van der Waals surface area contributed by atoms with Crippen LogP contribution in [0.1, 0.15) is 38.5 Å². The van der Waals surface area contributed by atoms with E-state index in [-0.39, 0.29) is 7.80 Å². The van der Waals surface area contributed by atoms with E-state index in [1.165, 1.54) is 19.3 Å². The van der Waals surface area contributed by atoms with Gasteiger partial charge in [-0.1, -0.05) is 11.8 Å². The van der Waals surface area contributed by atoms with Crippen LogP contribution in [0.5, 0.6) is 0 Å². The molecule has 0 nitrogen and oxygen atoms in total. The minimum Gasteiger partial charge on any atom is -0.579 e. The molecule has 4 saturated carbocycles. The van der Waals surface area contributed by atoms with Gasteiger partial charge in [-0.25, -0.2) is 0 Å². The molecule has 2 heteroatoms. The van der Waals surface area contributed by atoms with E-state index in [9.17, 15) is 0 Å². The van der Waals surface area contributed by atoms with Crippen molar-refractivity contribution in [3.8, 4) is 0 Å². The van der Waals surface area contributed by atoms with E-state index in [2.05, 4.69) is 6.66 Å². The van der Waals surface area contributed by atoms with Gasteiger partial charge in [0, 0.05) is 0 Å². The quantitative estimate of drug-likeness (QED) is 0.442. The van der Waals surface area contributed by atoms with Crippen LogP contribution >= 0.6 is 7.80 Å². The Labute approximate surface area is 84.0 Å². The second kappa shape index (κ2) is 2.75. The van der Waals surface area contributed by atoms with Crippen LogP contribution in [0.25, 0.3) is 0 Å². The summed E-state index contributed by atoms with van der Waals surface area (Å²) in [6.45, 7) is 2.31. The highest BCUT2D eigenvalue weighted by atomic mass is 31.1. The predicted molar refractivity (Wildman–Crippen MR) is 59.5 cm³/mol. The molecule has 0 heterocycles. The highest BCUT2D eigenvalue weighted by Gasteiger charge is 2.49. The van der Waals surface area contributed by atoms with Gasteiger partial charge in [-0.2, -0.15) is 0 Å². The maximum absolute atomic E-state index is 6.26. The van der Waals surface area contributed by atoms with Crippen LogP contribution in [0.15, 0.2) is 0 Å². The summed E-state index contributed by atoms with van der Waals surface area (Å²) in [6.07, 6.45) is 9.08. The SMILES string of the molecule is [B-]P(C)C12CC3CC(CC(C3)C1)C2. The van der Waals surface area contributed by atoms with Gasteiger partial charge in [0.25, 0.3) is 0 Å². The molecule has 0 aliphatic heterocycles. The molecule has 13 heavy (non-hydrogen) atoms. The van der Waals surface area contributed by atoms with Crippen LogP contribution in [0.3, 0.4) is 0 Å². The van der Waals surface area contributed by atoms with Crippen molar-refractivity contribution < 1.29 is 0 Å². The van der Waals surface area contributed by atoms with Gasteiger partial charge in [0.05, 0.1) is 0 Å². The summed E-state index contributed by atoms with van der Waals surface area (Å²) >= 11 is 0. The third-order valence-corrected chi connectivity index (χ3v) is 6.80. The summed E-state index contributed by atoms with van der Waals surface area (Å²) in [5, 5.41) is 0.643. The van der Waals surface area contributed by atoms with Crippen LogP contribution in [0, 0.1) is 17.8 Å². The van der Waals surface area contributed by atoms with Crippen LogP contribution < -0.4 is 0 Å². The van der Waals surface area contributed by atoms with Gasteiger partial charge >= 0.3 is 0 Å². The Morgan fingerprint density at radius 2 is 1.38 bits per heavy atom. The lowest BCUT2D eigenvalue weighted by Gasteiger charge is -2.63. The van der Waals surface area contributed by atoms with Gasteiger partial charge in [0.2, 0.25) is 0 Å². The molecule has 1 unspecified atom stereocenters. The first-order valence-corrected chi connectivity index (χ1v) is 7.52.